The lowest BCUT2D eigenvalue weighted by Crippen LogP contribution is -2.25. The average Bonchev–Trinajstić information content (AvgIpc) is 3.22. The molecule has 0 bridgehead atoms. The number of H-pyrrole nitrogens is 1. The molecule has 0 saturated carbocycles. The molecule has 3 aromatic rings. The summed E-state index contributed by atoms with van der Waals surface area (Å²) in [6, 6.07) is 11.5. The van der Waals surface area contributed by atoms with E-state index in [2.05, 4.69) is 20.3 Å². The Morgan fingerprint density at radius 1 is 1.09 bits per heavy atom. The number of aromatic nitrogens is 3. The van der Waals surface area contributed by atoms with Crippen molar-refractivity contribution in [1.29, 1.82) is 0 Å². The zero-order valence-electron chi connectivity index (χ0n) is 18.6. The van der Waals surface area contributed by atoms with Gasteiger partial charge in [-0.05, 0) is 43.0 Å². The first-order valence-electron chi connectivity index (χ1n) is 11.1. The second-order valence-electron chi connectivity index (χ2n) is 8.23. The van der Waals surface area contributed by atoms with Gasteiger partial charge in [-0.25, -0.2) is 4.98 Å². The number of carbonyl (C=O) groups is 2. The highest BCUT2D eigenvalue weighted by molar-refractivity contribution is 5.78. The molecule has 170 valence electrons. The molecule has 1 aromatic carbocycles. The second-order valence-corrected chi connectivity index (χ2v) is 8.23. The van der Waals surface area contributed by atoms with Crippen LogP contribution in [0.5, 0.6) is 0 Å². The summed E-state index contributed by atoms with van der Waals surface area (Å²) in [5.74, 6) is 0.576. The van der Waals surface area contributed by atoms with Crippen LogP contribution in [0.25, 0.3) is 11.4 Å². The Labute approximate surface area is 192 Å². The van der Waals surface area contributed by atoms with E-state index in [-0.39, 0.29) is 23.8 Å². The molecule has 0 atom stereocenters. The molecule has 2 aromatic heterocycles. The molecule has 8 heteroatoms. The van der Waals surface area contributed by atoms with Gasteiger partial charge in [0.25, 0.3) is 5.56 Å². The topological polar surface area (TPSA) is 108 Å². The third kappa shape index (κ3) is 5.71. The smallest absolute Gasteiger partial charge is 0.254 e. The Morgan fingerprint density at radius 3 is 2.48 bits per heavy atom. The lowest BCUT2D eigenvalue weighted by molar-refractivity contribution is -0.128. The number of nitrogens with one attached hydrogen (secondary N) is 2. The minimum Gasteiger partial charge on any atom is -0.352 e. The summed E-state index contributed by atoms with van der Waals surface area (Å²) < 4.78 is 0. The summed E-state index contributed by atoms with van der Waals surface area (Å²) >= 11 is 0. The number of amides is 2. The van der Waals surface area contributed by atoms with Crippen LogP contribution in [0.15, 0.2) is 53.6 Å². The van der Waals surface area contributed by atoms with Crippen LogP contribution in [0.3, 0.4) is 0 Å². The molecule has 0 spiro atoms. The van der Waals surface area contributed by atoms with Gasteiger partial charge in [0.2, 0.25) is 11.8 Å². The Balaban J connectivity index is 1.28. The molecule has 0 radical (unpaired) electrons. The zero-order valence-corrected chi connectivity index (χ0v) is 18.6. The van der Waals surface area contributed by atoms with E-state index in [1.165, 1.54) is 0 Å². The summed E-state index contributed by atoms with van der Waals surface area (Å²) in [5, 5.41) is 2.90. The maximum Gasteiger partial charge on any atom is 0.254 e. The third-order valence-electron chi connectivity index (χ3n) is 5.84. The van der Waals surface area contributed by atoms with Gasteiger partial charge >= 0.3 is 0 Å². The molecule has 1 fully saturated rings. The molecule has 8 nitrogen and oxygen atoms in total. The van der Waals surface area contributed by atoms with Crippen molar-refractivity contribution in [1.82, 2.24) is 25.2 Å². The van der Waals surface area contributed by atoms with E-state index in [0.717, 1.165) is 29.7 Å². The maximum atomic E-state index is 12.5. The van der Waals surface area contributed by atoms with Gasteiger partial charge in [0.1, 0.15) is 5.82 Å². The highest BCUT2D eigenvalue weighted by Crippen LogP contribution is 2.15. The minimum absolute atomic E-state index is 0.126. The van der Waals surface area contributed by atoms with E-state index in [0.29, 0.717) is 43.0 Å². The van der Waals surface area contributed by atoms with Crippen LogP contribution in [0.1, 0.15) is 41.6 Å². The summed E-state index contributed by atoms with van der Waals surface area (Å²) in [6.07, 6.45) is 5.38. The van der Waals surface area contributed by atoms with Crippen LogP contribution < -0.4 is 10.9 Å². The Kier molecular flexibility index (Phi) is 6.92. The van der Waals surface area contributed by atoms with Gasteiger partial charge < -0.3 is 15.2 Å². The SMILES string of the molecule is Cc1nc(-c2ccncc2)[nH]c(=O)c1CCC(=O)NCc1ccc(CN2CCCC2=O)cc1. The van der Waals surface area contributed by atoms with Crippen molar-refractivity contribution < 1.29 is 9.59 Å². The summed E-state index contributed by atoms with van der Waals surface area (Å²) in [5.41, 5.74) is 3.76. The van der Waals surface area contributed by atoms with Gasteiger partial charge in [0.05, 0.1) is 0 Å². The van der Waals surface area contributed by atoms with Gasteiger partial charge in [-0.1, -0.05) is 24.3 Å². The number of hydrogen-bond acceptors (Lipinski definition) is 5. The quantitative estimate of drug-likeness (QED) is 0.554. The van der Waals surface area contributed by atoms with Crippen LogP contribution in [0.4, 0.5) is 0 Å². The van der Waals surface area contributed by atoms with Crippen molar-refractivity contribution in [2.45, 2.75) is 45.7 Å². The number of hydrogen-bond donors (Lipinski definition) is 2. The molecule has 2 amide bonds. The lowest BCUT2D eigenvalue weighted by atomic mass is 10.1. The first-order chi connectivity index (χ1) is 16.0. The fourth-order valence-corrected chi connectivity index (χ4v) is 3.93. The van der Waals surface area contributed by atoms with Crippen LogP contribution in [0.2, 0.25) is 0 Å². The number of pyridine rings is 1. The number of benzene rings is 1. The normalized spacial score (nSPS) is 13.4. The predicted octanol–water partition coefficient (Wildman–Crippen LogP) is 2.51. The number of rotatable bonds is 8. The summed E-state index contributed by atoms with van der Waals surface area (Å²) in [6.45, 7) is 3.65. The number of carbonyl (C=O) groups excluding carboxylic acids is 2. The van der Waals surface area contributed by atoms with E-state index < -0.39 is 0 Å². The Bertz CT molecular complexity index is 1190. The van der Waals surface area contributed by atoms with Crippen molar-refractivity contribution in [2.75, 3.05) is 6.54 Å². The van der Waals surface area contributed by atoms with E-state index in [9.17, 15) is 14.4 Å². The molecular formula is C25H27N5O3. The van der Waals surface area contributed by atoms with Crippen LogP contribution in [-0.4, -0.2) is 38.2 Å². The predicted molar refractivity (Wildman–Crippen MR) is 124 cm³/mol. The Morgan fingerprint density at radius 2 is 1.82 bits per heavy atom. The summed E-state index contributed by atoms with van der Waals surface area (Å²) in [7, 11) is 0. The van der Waals surface area contributed by atoms with Gasteiger partial charge in [-0.15, -0.1) is 0 Å². The number of likely N-dealkylation sites (tertiary alicyclic amines) is 1. The molecular weight excluding hydrogens is 418 g/mol. The fraction of sp³-hybridized carbons (Fsp3) is 0.320. The zero-order chi connectivity index (χ0) is 23.2. The molecule has 4 rings (SSSR count). The standard InChI is InChI=1S/C25H27N5O3/c1-17-21(25(33)29-24(28-17)20-10-12-26-13-11-20)8-9-22(31)27-15-18-4-6-19(7-5-18)16-30-14-2-3-23(30)32/h4-7,10-13H,2-3,8-9,14-16H2,1H3,(H,27,31)(H,28,29,33). The van der Waals surface area contributed by atoms with Crippen molar-refractivity contribution in [3.05, 3.63) is 81.5 Å². The Hall–Kier alpha value is -3.81. The molecule has 1 aliphatic heterocycles. The average molecular weight is 446 g/mol. The molecule has 1 saturated heterocycles. The van der Waals surface area contributed by atoms with E-state index in [1.54, 1.807) is 31.5 Å². The monoisotopic (exact) mass is 445 g/mol. The van der Waals surface area contributed by atoms with Gasteiger partial charge in [-0.3, -0.25) is 19.4 Å². The highest BCUT2D eigenvalue weighted by atomic mass is 16.2. The molecule has 33 heavy (non-hydrogen) atoms. The maximum absolute atomic E-state index is 12.5. The molecule has 3 heterocycles. The van der Waals surface area contributed by atoms with Gasteiger partial charge in [0.15, 0.2) is 0 Å². The molecule has 1 aliphatic rings. The van der Waals surface area contributed by atoms with E-state index in [4.69, 9.17) is 0 Å². The van der Waals surface area contributed by atoms with Crippen molar-refractivity contribution in [2.24, 2.45) is 0 Å². The van der Waals surface area contributed by atoms with Crippen molar-refractivity contribution in [3.8, 4) is 11.4 Å². The van der Waals surface area contributed by atoms with Crippen molar-refractivity contribution in [3.63, 3.8) is 0 Å². The molecule has 0 unspecified atom stereocenters. The number of aromatic amines is 1. The minimum atomic E-state index is -0.228. The van der Waals surface area contributed by atoms with E-state index in [1.807, 2.05) is 29.2 Å². The largest absolute Gasteiger partial charge is 0.352 e. The van der Waals surface area contributed by atoms with Crippen LogP contribution in [0, 0.1) is 6.92 Å². The second kappa shape index (κ2) is 10.2. The fourth-order valence-electron chi connectivity index (χ4n) is 3.93. The van der Waals surface area contributed by atoms with Crippen LogP contribution in [-0.2, 0) is 29.1 Å². The summed E-state index contributed by atoms with van der Waals surface area (Å²) in [4.78, 5) is 49.8. The first-order valence-corrected chi connectivity index (χ1v) is 11.1. The lowest BCUT2D eigenvalue weighted by Gasteiger charge is -2.15. The van der Waals surface area contributed by atoms with Crippen molar-refractivity contribution >= 4 is 11.8 Å². The number of nitrogens with zero attached hydrogens (tertiary/aromatic N) is 3. The third-order valence-corrected chi connectivity index (χ3v) is 5.84. The molecule has 0 aliphatic carbocycles. The van der Waals surface area contributed by atoms with Crippen LogP contribution >= 0.6 is 0 Å². The highest BCUT2D eigenvalue weighted by Gasteiger charge is 2.19. The first kappa shape index (κ1) is 22.4. The van der Waals surface area contributed by atoms with Gasteiger partial charge in [0, 0.05) is 61.7 Å². The molecule has 2 N–H and O–H groups in total. The number of aryl methyl sites for hydroxylation is 1. The van der Waals surface area contributed by atoms with E-state index >= 15 is 0 Å². The van der Waals surface area contributed by atoms with Gasteiger partial charge in [-0.2, -0.15) is 0 Å².